The third kappa shape index (κ3) is 2.05. The van der Waals surface area contributed by atoms with E-state index in [1.54, 1.807) is 26.5 Å². The smallest absolute Gasteiger partial charge is 0.323 e. The van der Waals surface area contributed by atoms with Gasteiger partial charge in [0.1, 0.15) is 6.54 Å². The number of fused-ring (bicyclic) bond motifs is 2. The van der Waals surface area contributed by atoms with Crippen LogP contribution >= 0.6 is 21.6 Å². The van der Waals surface area contributed by atoms with Crippen molar-refractivity contribution in [1.82, 2.24) is 4.90 Å². The molecule has 2 bridgehead atoms. The summed E-state index contributed by atoms with van der Waals surface area (Å²) in [6.45, 7) is 4.02. The number of carboxylic acid groups (broad SMARTS) is 1. The van der Waals surface area contributed by atoms with Crippen molar-refractivity contribution < 1.29 is 14.7 Å². The van der Waals surface area contributed by atoms with E-state index < -0.39 is 5.97 Å². The van der Waals surface area contributed by atoms with E-state index in [-0.39, 0.29) is 29.2 Å². The van der Waals surface area contributed by atoms with Gasteiger partial charge >= 0.3 is 5.97 Å². The number of likely N-dealkylation sites (tertiary alicyclic amines) is 1. The predicted octanol–water partition coefficient (Wildman–Crippen LogP) is 1.46. The number of nitrogens with zero attached hydrogens (tertiary/aromatic N) is 1. The summed E-state index contributed by atoms with van der Waals surface area (Å²) in [7, 11) is 3.50. The van der Waals surface area contributed by atoms with Crippen LogP contribution in [-0.2, 0) is 9.59 Å². The Bertz CT molecular complexity index is 332. The van der Waals surface area contributed by atoms with Crippen molar-refractivity contribution in [3.8, 4) is 0 Å². The van der Waals surface area contributed by atoms with Gasteiger partial charge < -0.3 is 10.0 Å². The first kappa shape index (κ1) is 12.1. The lowest BCUT2D eigenvalue weighted by atomic mass is 9.97. The number of hydrogen-bond acceptors (Lipinski definition) is 4. The zero-order chi connectivity index (χ0) is 11.9. The molecule has 0 aromatic heterocycles. The molecule has 0 spiro atoms. The molecule has 0 radical (unpaired) electrons. The number of carbonyl (C=O) groups excluding carboxylic acids is 1. The molecule has 2 atom stereocenters. The van der Waals surface area contributed by atoms with Crippen LogP contribution in [0.5, 0.6) is 0 Å². The molecular weight excluding hydrogens is 246 g/mol. The predicted molar refractivity (Wildman–Crippen MR) is 65.4 cm³/mol. The second-order valence-electron chi connectivity index (χ2n) is 4.78. The molecule has 2 aliphatic rings. The molecule has 1 amide bonds. The normalized spacial score (nSPS) is 32.6. The van der Waals surface area contributed by atoms with Crippen molar-refractivity contribution in [1.29, 1.82) is 0 Å². The highest BCUT2D eigenvalue weighted by atomic mass is 33.1. The Morgan fingerprint density at radius 1 is 1.62 bits per heavy atom. The van der Waals surface area contributed by atoms with Gasteiger partial charge in [0.15, 0.2) is 0 Å². The molecule has 0 aliphatic carbocycles. The third-order valence-corrected chi connectivity index (χ3v) is 6.58. The molecule has 0 aromatic carbocycles. The molecule has 4 nitrogen and oxygen atoms in total. The summed E-state index contributed by atoms with van der Waals surface area (Å²) in [5.74, 6) is -0.0792. The maximum atomic E-state index is 12.0. The minimum Gasteiger partial charge on any atom is -0.480 e. The van der Waals surface area contributed by atoms with E-state index in [1.165, 1.54) is 0 Å². The molecule has 90 valence electrons. The quantitative estimate of drug-likeness (QED) is 0.763. The van der Waals surface area contributed by atoms with Crippen LogP contribution in [0.15, 0.2) is 0 Å². The number of hydrogen-bond donors (Lipinski definition) is 1. The fourth-order valence-electron chi connectivity index (χ4n) is 2.34. The first-order valence-corrected chi connectivity index (χ1v) is 7.56. The molecule has 2 unspecified atom stereocenters. The SMILES string of the molecule is CC1(C)SSCC2CC1N(CC(=O)O)C2=O. The molecule has 16 heavy (non-hydrogen) atoms. The molecule has 2 saturated heterocycles. The summed E-state index contributed by atoms with van der Waals surface area (Å²) in [5, 5.41) is 8.85. The minimum absolute atomic E-state index is 0.0172. The third-order valence-electron chi connectivity index (χ3n) is 3.17. The molecular formula is C10H15NO3S2. The number of rotatable bonds is 2. The monoisotopic (exact) mass is 261 g/mol. The standard InChI is InChI=1S/C10H15NO3S2/c1-10(2)7-3-6(5-15-16-10)9(14)11(7)4-8(12)13/h6-7H,3-5H2,1-2H3,(H,12,13). The van der Waals surface area contributed by atoms with Crippen LogP contribution in [0.25, 0.3) is 0 Å². The highest BCUT2D eigenvalue weighted by Gasteiger charge is 2.49. The van der Waals surface area contributed by atoms with Gasteiger partial charge in [-0.1, -0.05) is 21.6 Å². The molecule has 2 heterocycles. The summed E-state index contributed by atoms with van der Waals surface area (Å²) in [4.78, 5) is 24.3. The first-order chi connectivity index (χ1) is 7.42. The number of amides is 1. The maximum Gasteiger partial charge on any atom is 0.323 e. The van der Waals surface area contributed by atoms with Crippen molar-refractivity contribution in [3.63, 3.8) is 0 Å². The summed E-state index contributed by atoms with van der Waals surface area (Å²) in [5.41, 5.74) is 0. The Morgan fingerprint density at radius 3 is 2.94 bits per heavy atom. The van der Waals surface area contributed by atoms with Crippen molar-refractivity contribution >= 4 is 33.5 Å². The summed E-state index contributed by atoms with van der Waals surface area (Å²) in [6, 6.07) is 0.0566. The molecule has 2 fully saturated rings. The van der Waals surface area contributed by atoms with Gasteiger partial charge in [0.2, 0.25) is 5.91 Å². The van der Waals surface area contributed by atoms with Gasteiger partial charge in [-0.2, -0.15) is 0 Å². The van der Waals surface area contributed by atoms with Gasteiger partial charge in [-0.3, -0.25) is 9.59 Å². The van der Waals surface area contributed by atoms with Gasteiger partial charge in [0, 0.05) is 16.5 Å². The van der Waals surface area contributed by atoms with Gasteiger partial charge in [0.05, 0.1) is 5.92 Å². The first-order valence-electron chi connectivity index (χ1n) is 5.25. The lowest BCUT2D eigenvalue weighted by Crippen LogP contribution is -2.47. The molecule has 2 aliphatic heterocycles. The van der Waals surface area contributed by atoms with Crippen LogP contribution < -0.4 is 0 Å². The van der Waals surface area contributed by atoms with Gasteiger partial charge in [-0.25, -0.2) is 0 Å². The largest absolute Gasteiger partial charge is 0.480 e. The van der Waals surface area contributed by atoms with E-state index in [4.69, 9.17) is 5.11 Å². The molecule has 1 N–H and O–H groups in total. The average Bonchev–Trinajstić information content (AvgIpc) is 2.39. The van der Waals surface area contributed by atoms with Gasteiger partial charge in [-0.05, 0) is 20.3 Å². The minimum atomic E-state index is -0.923. The van der Waals surface area contributed by atoms with Crippen LogP contribution in [0.3, 0.4) is 0 Å². The highest BCUT2D eigenvalue weighted by Crippen LogP contribution is 2.49. The lowest BCUT2D eigenvalue weighted by Gasteiger charge is -2.36. The molecule has 2 rings (SSSR count). The van der Waals surface area contributed by atoms with Crippen molar-refractivity contribution in [2.24, 2.45) is 5.92 Å². The van der Waals surface area contributed by atoms with Gasteiger partial charge in [0.25, 0.3) is 0 Å². The number of carboxylic acids is 1. The Hall–Kier alpha value is -0.360. The van der Waals surface area contributed by atoms with E-state index in [9.17, 15) is 9.59 Å². The Kier molecular flexibility index (Phi) is 3.13. The molecule has 0 saturated carbocycles. The molecule has 6 heteroatoms. The van der Waals surface area contributed by atoms with E-state index >= 15 is 0 Å². The fraction of sp³-hybridized carbons (Fsp3) is 0.800. The maximum absolute atomic E-state index is 12.0. The Morgan fingerprint density at radius 2 is 2.31 bits per heavy atom. The van der Waals surface area contributed by atoms with Crippen LogP contribution in [0.1, 0.15) is 20.3 Å². The van der Waals surface area contributed by atoms with E-state index in [0.717, 1.165) is 12.2 Å². The van der Waals surface area contributed by atoms with Crippen LogP contribution in [0.4, 0.5) is 0 Å². The topological polar surface area (TPSA) is 57.6 Å². The van der Waals surface area contributed by atoms with Crippen molar-refractivity contribution in [2.75, 3.05) is 12.3 Å². The highest BCUT2D eigenvalue weighted by molar-refractivity contribution is 8.77. The summed E-state index contributed by atoms with van der Waals surface area (Å²) >= 11 is 0. The van der Waals surface area contributed by atoms with E-state index in [0.29, 0.717) is 0 Å². The van der Waals surface area contributed by atoms with Gasteiger partial charge in [-0.15, -0.1) is 0 Å². The zero-order valence-electron chi connectivity index (χ0n) is 9.30. The number of carbonyl (C=O) groups is 2. The lowest BCUT2D eigenvalue weighted by molar-refractivity contribution is -0.144. The van der Waals surface area contributed by atoms with E-state index in [1.807, 2.05) is 0 Å². The van der Waals surface area contributed by atoms with Crippen molar-refractivity contribution in [3.05, 3.63) is 0 Å². The van der Waals surface area contributed by atoms with Crippen molar-refractivity contribution in [2.45, 2.75) is 31.1 Å². The summed E-state index contributed by atoms with van der Waals surface area (Å²) < 4.78 is -0.0684. The fourth-order valence-corrected chi connectivity index (χ4v) is 5.43. The van der Waals surface area contributed by atoms with Crippen LogP contribution in [0, 0.1) is 5.92 Å². The second kappa shape index (κ2) is 4.14. The second-order valence-corrected chi connectivity index (χ2v) is 7.77. The van der Waals surface area contributed by atoms with Crippen LogP contribution in [-0.4, -0.2) is 45.0 Å². The van der Waals surface area contributed by atoms with E-state index in [2.05, 4.69) is 13.8 Å². The Balaban J connectivity index is 2.25. The summed E-state index contributed by atoms with van der Waals surface area (Å²) in [6.07, 6.45) is 0.805. The average molecular weight is 261 g/mol. The Labute approximate surface area is 103 Å². The molecule has 0 aromatic rings. The van der Waals surface area contributed by atoms with Crippen LogP contribution in [0.2, 0.25) is 0 Å². The number of aliphatic carboxylic acids is 1. The zero-order valence-corrected chi connectivity index (χ0v) is 10.9.